The van der Waals surface area contributed by atoms with Gasteiger partial charge in [-0.1, -0.05) is 16.8 Å². The van der Waals surface area contributed by atoms with Crippen molar-refractivity contribution in [1.82, 2.24) is 14.4 Å². The number of piperidine rings is 1. The summed E-state index contributed by atoms with van der Waals surface area (Å²) in [6.45, 7) is 0.617. The number of sulfonamides is 1. The number of halogens is 2. The standard InChI is InChI=1S/C20H19ClFN3O4S/c1-28-17-7-4-15(21)12-18(17)30(26,27)25-10-8-13(9-11-25)19-23-20(29-24-19)14-2-5-16(22)6-3-14/h2-7,12-13H,8-11H2,1H3. The highest BCUT2D eigenvalue weighted by Crippen LogP contribution is 2.34. The van der Waals surface area contributed by atoms with Crippen molar-refractivity contribution >= 4 is 21.6 Å². The van der Waals surface area contributed by atoms with Gasteiger partial charge >= 0.3 is 0 Å². The molecule has 0 bridgehead atoms. The van der Waals surface area contributed by atoms with E-state index in [2.05, 4.69) is 10.1 Å². The molecule has 1 aliphatic rings. The lowest BCUT2D eigenvalue weighted by molar-refractivity contribution is 0.305. The first-order valence-electron chi connectivity index (χ1n) is 9.31. The first-order valence-corrected chi connectivity index (χ1v) is 11.1. The Bertz CT molecular complexity index is 1140. The molecule has 1 fully saturated rings. The molecule has 1 saturated heterocycles. The summed E-state index contributed by atoms with van der Waals surface area (Å²) in [4.78, 5) is 4.46. The molecule has 1 aromatic heterocycles. The zero-order chi connectivity index (χ0) is 21.3. The summed E-state index contributed by atoms with van der Waals surface area (Å²) in [5.41, 5.74) is 0.628. The Balaban J connectivity index is 1.48. The van der Waals surface area contributed by atoms with Gasteiger partial charge < -0.3 is 9.26 Å². The normalized spacial score (nSPS) is 16.0. The van der Waals surface area contributed by atoms with Crippen LogP contribution in [0.1, 0.15) is 24.6 Å². The third-order valence-electron chi connectivity index (χ3n) is 5.10. The van der Waals surface area contributed by atoms with E-state index < -0.39 is 10.0 Å². The van der Waals surface area contributed by atoms with E-state index in [1.807, 2.05) is 0 Å². The molecule has 1 aliphatic heterocycles. The van der Waals surface area contributed by atoms with Crippen LogP contribution in [-0.2, 0) is 10.0 Å². The van der Waals surface area contributed by atoms with Crippen molar-refractivity contribution in [2.75, 3.05) is 20.2 Å². The van der Waals surface area contributed by atoms with E-state index in [0.29, 0.717) is 48.2 Å². The molecular formula is C20H19ClFN3O4S. The summed E-state index contributed by atoms with van der Waals surface area (Å²) in [7, 11) is -2.33. The molecule has 0 unspecified atom stereocenters. The SMILES string of the molecule is COc1ccc(Cl)cc1S(=O)(=O)N1CCC(c2noc(-c3ccc(F)cc3)n2)CC1. The molecule has 2 aromatic carbocycles. The third kappa shape index (κ3) is 4.05. The Kier molecular flexibility index (Phi) is 5.77. The summed E-state index contributed by atoms with van der Waals surface area (Å²) in [5, 5.41) is 4.36. The maximum atomic E-state index is 13.1. The van der Waals surface area contributed by atoms with Crippen LogP contribution in [0.25, 0.3) is 11.5 Å². The number of ether oxygens (including phenoxy) is 1. The minimum absolute atomic E-state index is 0.0318. The molecule has 4 rings (SSSR count). The minimum atomic E-state index is -3.75. The number of methoxy groups -OCH3 is 1. The van der Waals surface area contributed by atoms with Crippen molar-refractivity contribution in [2.24, 2.45) is 0 Å². The van der Waals surface area contributed by atoms with Gasteiger partial charge in [0.05, 0.1) is 7.11 Å². The van der Waals surface area contributed by atoms with Crippen LogP contribution >= 0.6 is 11.6 Å². The quantitative estimate of drug-likeness (QED) is 0.580. The minimum Gasteiger partial charge on any atom is -0.495 e. The molecule has 0 atom stereocenters. The van der Waals surface area contributed by atoms with Gasteiger partial charge in [-0.25, -0.2) is 12.8 Å². The first-order chi connectivity index (χ1) is 14.4. The largest absolute Gasteiger partial charge is 0.495 e. The zero-order valence-electron chi connectivity index (χ0n) is 16.1. The summed E-state index contributed by atoms with van der Waals surface area (Å²) in [6.07, 6.45) is 1.09. The van der Waals surface area contributed by atoms with Gasteiger partial charge in [-0.2, -0.15) is 9.29 Å². The van der Waals surface area contributed by atoms with Crippen molar-refractivity contribution in [3.63, 3.8) is 0 Å². The Morgan fingerprint density at radius 2 is 1.87 bits per heavy atom. The molecule has 158 valence electrons. The first kappa shape index (κ1) is 20.8. The fourth-order valence-electron chi connectivity index (χ4n) is 3.46. The molecule has 10 heteroatoms. The van der Waals surface area contributed by atoms with Crippen molar-refractivity contribution < 1.29 is 22.1 Å². The molecule has 0 saturated carbocycles. The third-order valence-corrected chi connectivity index (χ3v) is 7.25. The van der Waals surface area contributed by atoms with Crippen LogP contribution in [0.15, 0.2) is 51.9 Å². The molecule has 0 spiro atoms. The molecule has 0 N–H and O–H groups in total. The molecule has 30 heavy (non-hydrogen) atoms. The second kappa shape index (κ2) is 8.33. The monoisotopic (exact) mass is 451 g/mol. The van der Waals surface area contributed by atoms with E-state index >= 15 is 0 Å². The van der Waals surface area contributed by atoms with Gasteiger partial charge in [-0.3, -0.25) is 0 Å². The van der Waals surface area contributed by atoms with E-state index in [-0.39, 0.29) is 22.4 Å². The number of rotatable bonds is 5. The smallest absolute Gasteiger partial charge is 0.257 e. The van der Waals surface area contributed by atoms with Crippen LogP contribution in [0, 0.1) is 5.82 Å². The van der Waals surface area contributed by atoms with Gasteiger partial charge in [0.2, 0.25) is 10.0 Å². The van der Waals surface area contributed by atoms with Crippen LogP contribution in [0.4, 0.5) is 4.39 Å². The topological polar surface area (TPSA) is 85.5 Å². The Morgan fingerprint density at radius 1 is 1.17 bits per heavy atom. The van der Waals surface area contributed by atoms with E-state index in [1.165, 1.54) is 35.7 Å². The van der Waals surface area contributed by atoms with E-state index in [4.69, 9.17) is 20.9 Å². The molecule has 3 aromatic rings. The fraction of sp³-hybridized carbons (Fsp3) is 0.300. The van der Waals surface area contributed by atoms with Crippen LogP contribution < -0.4 is 4.74 Å². The Labute approximate surface area is 178 Å². The Morgan fingerprint density at radius 3 is 2.53 bits per heavy atom. The maximum absolute atomic E-state index is 13.1. The molecule has 7 nitrogen and oxygen atoms in total. The summed E-state index contributed by atoms with van der Waals surface area (Å²) in [6, 6.07) is 10.3. The lowest BCUT2D eigenvalue weighted by Crippen LogP contribution is -2.38. The Hall–Kier alpha value is -2.49. The van der Waals surface area contributed by atoms with E-state index in [0.717, 1.165) is 0 Å². The summed E-state index contributed by atoms with van der Waals surface area (Å²) in [5.74, 6) is 0.707. The predicted octanol–water partition coefficient (Wildman–Crippen LogP) is 4.11. The van der Waals surface area contributed by atoms with Crippen molar-refractivity contribution in [2.45, 2.75) is 23.7 Å². The number of hydrogen-bond acceptors (Lipinski definition) is 6. The van der Waals surface area contributed by atoms with Crippen molar-refractivity contribution in [1.29, 1.82) is 0 Å². The lowest BCUT2D eigenvalue weighted by Gasteiger charge is -2.30. The van der Waals surface area contributed by atoms with Crippen LogP contribution in [0.3, 0.4) is 0 Å². The summed E-state index contributed by atoms with van der Waals surface area (Å²) >= 11 is 6.00. The van der Waals surface area contributed by atoms with Gasteiger partial charge in [0.1, 0.15) is 16.5 Å². The molecule has 0 radical (unpaired) electrons. The number of aromatic nitrogens is 2. The average Bonchev–Trinajstić information content (AvgIpc) is 3.24. The highest BCUT2D eigenvalue weighted by molar-refractivity contribution is 7.89. The molecular weight excluding hydrogens is 433 g/mol. The van der Waals surface area contributed by atoms with E-state index in [1.54, 1.807) is 18.2 Å². The van der Waals surface area contributed by atoms with E-state index in [9.17, 15) is 12.8 Å². The lowest BCUT2D eigenvalue weighted by atomic mass is 9.97. The second-order valence-electron chi connectivity index (χ2n) is 6.94. The average molecular weight is 452 g/mol. The van der Waals surface area contributed by atoms with Crippen molar-refractivity contribution in [3.8, 4) is 17.2 Å². The van der Waals surface area contributed by atoms with Crippen LogP contribution in [0.2, 0.25) is 5.02 Å². The maximum Gasteiger partial charge on any atom is 0.257 e. The van der Waals surface area contributed by atoms with Gasteiger partial charge in [0, 0.05) is 29.6 Å². The van der Waals surface area contributed by atoms with Gasteiger partial charge in [-0.05, 0) is 55.3 Å². The molecule has 0 amide bonds. The second-order valence-corrected chi connectivity index (χ2v) is 9.28. The molecule has 2 heterocycles. The number of nitrogens with zero attached hydrogens (tertiary/aromatic N) is 3. The number of hydrogen-bond donors (Lipinski definition) is 0. The van der Waals surface area contributed by atoms with Gasteiger partial charge in [0.25, 0.3) is 5.89 Å². The highest BCUT2D eigenvalue weighted by Gasteiger charge is 2.33. The molecule has 0 aliphatic carbocycles. The number of benzene rings is 2. The van der Waals surface area contributed by atoms with Crippen molar-refractivity contribution in [3.05, 3.63) is 59.1 Å². The van der Waals surface area contributed by atoms with Crippen LogP contribution in [-0.4, -0.2) is 43.1 Å². The predicted molar refractivity (Wildman–Crippen MR) is 108 cm³/mol. The zero-order valence-corrected chi connectivity index (χ0v) is 17.7. The summed E-state index contributed by atoms with van der Waals surface area (Å²) < 4.78 is 51.2. The van der Waals surface area contributed by atoms with Gasteiger partial charge in [-0.15, -0.1) is 0 Å². The fourth-order valence-corrected chi connectivity index (χ4v) is 5.34. The highest BCUT2D eigenvalue weighted by atomic mass is 35.5. The van der Waals surface area contributed by atoms with Crippen LogP contribution in [0.5, 0.6) is 5.75 Å². The van der Waals surface area contributed by atoms with Gasteiger partial charge in [0.15, 0.2) is 5.82 Å².